The smallest absolute Gasteiger partial charge is 0.270 e. The number of anilines is 1. The first-order chi connectivity index (χ1) is 10.0. The second-order valence-electron chi connectivity index (χ2n) is 5.68. The molecule has 1 aliphatic carbocycles. The lowest BCUT2D eigenvalue weighted by atomic mass is 9.85. The van der Waals surface area contributed by atoms with Gasteiger partial charge in [0.15, 0.2) is 0 Å². The number of amides is 3. The maximum absolute atomic E-state index is 12.5. The van der Waals surface area contributed by atoms with Crippen LogP contribution in [0.25, 0.3) is 0 Å². The number of nitrogen functional groups attached to an aromatic ring is 1. The Balaban J connectivity index is 1.91. The summed E-state index contributed by atoms with van der Waals surface area (Å²) in [6.07, 6.45) is 2.89. The number of nitrogens with two attached hydrogens (primary N) is 2. The molecule has 1 aromatic carbocycles. The monoisotopic (exact) mass is 287 g/mol. The lowest BCUT2D eigenvalue weighted by molar-refractivity contribution is -0.131. The second kappa shape index (κ2) is 4.96. The van der Waals surface area contributed by atoms with Gasteiger partial charge in [-0.3, -0.25) is 14.4 Å². The van der Waals surface area contributed by atoms with Crippen molar-refractivity contribution in [3.63, 3.8) is 0 Å². The number of hydrogen-bond donors (Lipinski definition) is 2. The number of fused-ring (bicyclic) bond motifs is 1. The molecule has 110 valence electrons. The van der Waals surface area contributed by atoms with E-state index < -0.39 is 17.7 Å². The van der Waals surface area contributed by atoms with Crippen LogP contribution in [0.2, 0.25) is 0 Å². The van der Waals surface area contributed by atoms with E-state index in [0.29, 0.717) is 12.8 Å². The van der Waals surface area contributed by atoms with Crippen molar-refractivity contribution in [3.05, 3.63) is 29.3 Å². The Labute approximate surface area is 122 Å². The molecule has 2 unspecified atom stereocenters. The van der Waals surface area contributed by atoms with Crippen molar-refractivity contribution in [2.24, 2.45) is 11.7 Å². The molecule has 2 atom stereocenters. The molecule has 1 fully saturated rings. The molecular weight excluding hydrogens is 270 g/mol. The number of carbonyl (C=O) groups is 3. The van der Waals surface area contributed by atoms with Gasteiger partial charge in [-0.15, -0.1) is 0 Å². The number of benzene rings is 1. The van der Waals surface area contributed by atoms with Gasteiger partial charge in [-0.25, -0.2) is 4.90 Å². The minimum Gasteiger partial charge on any atom is -0.398 e. The van der Waals surface area contributed by atoms with Gasteiger partial charge in [-0.2, -0.15) is 0 Å². The molecule has 0 radical (unpaired) electrons. The van der Waals surface area contributed by atoms with E-state index in [1.165, 1.54) is 6.07 Å². The van der Waals surface area contributed by atoms with E-state index in [0.717, 1.165) is 17.7 Å². The molecule has 1 heterocycles. The first kappa shape index (κ1) is 13.8. The summed E-state index contributed by atoms with van der Waals surface area (Å²) in [6.45, 7) is 0. The zero-order valence-corrected chi connectivity index (χ0v) is 11.5. The van der Waals surface area contributed by atoms with Gasteiger partial charge in [0.25, 0.3) is 11.8 Å². The standard InChI is InChI=1S/C15H17N3O3/c16-9-4-1-3-8(7-9)13(19)18-14(20)10-5-2-6-11(17)12(10)15(18)21/h2,5-6,8-9H,1,3-4,7,16-17H2. The summed E-state index contributed by atoms with van der Waals surface area (Å²) < 4.78 is 0. The van der Waals surface area contributed by atoms with Gasteiger partial charge in [0.2, 0.25) is 5.91 Å². The van der Waals surface area contributed by atoms with Gasteiger partial charge in [-0.1, -0.05) is 12.5 Å². The highest BCUT2D eigenvalue weighted by Gasteiger charge is 2.43. The molecule has 21 heavy (non-hydrogen) atoms. The van der Waals surface area contributed by atoms with E-state index in [2.05, 4.69) is 0 Å². The molecule has 3 amide bonds. The normalized spacial score (nSPS) is 25.1. The molecule has 0 spiro atoms. The third-order valence-corrected chi connectivity index (χ3v) is 4.23. The lowest BCUT2D eigenvalue weighted by Crippen LogP contribution is -2.43. The van der Waals surface area contributed by atoms with Crippen LogP contribution in [0.5, 0.6) is 0 Å². The molecular formula is C15H17N3O3. The van der Waals surface area contributed by atoms with Crippen molar-refractivity contribution in [1.82, 2.24) is 4.90 Å². The minimum atomic E-state index is -0.614. The van der Waals surface area contributed by atoms with Crippen LogP contribution in [0.4, 0.5) is 5.69 Å². The fourth-order valence-corrected chi connectivity index (χ4v) is 3.15. The van der Waals surface area contributed by atoms with E-state index in [9.17, 15) is 14.4 Å². The molecule has 6 heteroatoms. The number of carbonyl (C=O) groups excluding carboxylic acids is 3. The highest BCUT2D eigenvalue weighted by molar-refractivity contribution is 6.30. The third-order valence-electron chi connectivity index (χ3n) is 4.23. The SMILES string of the molecule is Nc1cccc2c1C(=O)N(C(=O)C1CCCC(N)C1)C2=O. The number of hydrogen-bond acceptors (Lipinski definition) is 5. The zero-order valence-electron chi connectivity index (χ0n) is 11.5. The number of nitrogens with zero attached hydrogens (tertiary/aromatic N) is 1. The lowest BCUT2D eigenvalue weighted by Gasteiger charge is -2.27. The maximum atomic E-state index is 12.5. The first-order valence-electron chi connectivity index (χ1n) is 7.07. The predicted molar refractivity (Wildman–Crippen MR) is 76.3 cm³/mol. The van der Waals surface area contributed by atoms with Crippen LogP contribution in [-0.4, -0.2) is 28.7 Å². The summed E-state index contributed by atoms with van der Waals surface area (Å²) in [7, 11) is 0. The molecule has 1 aromatic rings. The minimum absolute atomic E-state index is 0.0482. The van der Waals surface area contributed by atoms with Crippen molar-refractivity contribution in [2.75, 3.05) is 5.73 Å². The Morgan fingerprint density at radius 3 is 2.62 bits per heavy atom. The molecule has 4 N–H and O–H groups in total. The van der Waals surface area contributed by atoms with E-state index in [1.54, 1.807) is 12.1 Å². The van der Waals surface area contributed by atoms with Gasteiger partial charge in [0.1, 0.15) is 0 Å². The molecule has 1 saturated carbocycles. The summed E-state index contributed by atoms with van der Waals surface area (Å²) in [6, 6.07) is 4.62. The van der Waals surface area contributed by atoms with E-state index >= 15 is 0 Å². The Kier molecular flexibility index (Phi) is 3.25. The average Bonchev–Trinajstić information content (AvgIpc) is 2.71. The van der Waals surface area contributed by atoms with Gasteiger partial charge in [-0.05, 0) is 31.4 Å². The fraction of sp³-hybridized carbons (Fsp3) is 0.400. The summed E-state index contributed by atoms with van der Waals surface area (Å²) in [5.41, 5.74) is 12.2. The highest BCUT2D eigenvalue weighted by Crippen LogP contribution is 2.31. The molecule has 0 bridgehead atoms. The van der Waals surface area contributed by atoms with Gasteiger partial charge in [0.05, 0.1) is 11.1 Å². The second-order valence-corrected chi connectivity index (χ2v) is 5.68. The molecule has 6 nitrogen and oxygen atoms in total. The van der Waals surface area contributed by atoms with E-state index in [4.69, 9.17) is 11.5 Å². The van der Waals surface area contributed by atoms with Crippen molar-refractivity contribution in [3.8, 4) is 0 Å². The van der Waals surface area contributed by atoms with Gasteiger partial charge in [0, 0.05) is 17.6 Å². The summed E-state index contributed by atoms with van der Waals surface area (Å²) in [5, 5.41) is 0. The third kappa shape index (κ3) is 2.12. The highest BCUT2D eigenvalue weighted by atomic mass is 16.2. The molecule has 1 aliphatic heterocycles. The summed E-state index contributed by atoms with van der Waals surface area (Å²) >= 11 is 0. The molecule has 3 rings (SSSR count). The topological polar surface area (TPSA) is 106 Å². The maximum Gasteiger partial charge on any atom is 0.270 e. The quantitative estimate of drug-likeness (QED) is 0.589. The van der Waals surface area contributed by atoms with Crippen LogP contribution in [-0.2, 0) is 4.79 Å². The van der Waals surface area contributed by atoms with Gasteiger partial charge >= 0.3 is 0 Å². The van der Waals surface area contributed by atoms with Gasteiger partial charge < -0.3 is 11.5 Å². The summed E-state index contributed by atoms with van der Waals surface area (Å²) in [4.78, 5) is 38.0. The van der Waals surface area contributed by atoms with E-state index in [1.807, 2.05) is 0 Å². The average molecular weight is 287 g/mol. The number of rotatable bonds is 1. The summed E-state index contributed by atoms with van der Waals surface area (Å²) in [5.74, 6) is -2.00. The van der Waals surface area contributed by atoms with Crippen LogP contribution >= 0.6 is 0 Å². The Bertz CT molecular complexity index is 641. The Morgan fingerprint density at radius 2 is 1.95 bits per heavy atom. The van der Waals surface area contributed by atoms with Crippen molar-refractivity contribution in [2.45, 2.75) is 31.7 Å². The zero-order chi connectivity index (χ0) is 15.1. The molecule has 0 saturated heterocycles. The first-order valence-corrected chi connectivity index (χ1v) is 7.07. The van der Waals surface area contributed by atoms with Crippen LogP contribution < -0.4 is 11.5 Å². The molecule has 2 aliphatic rings. The van der Waals surface area contributed by atoms with Crippen LogP contribution in [0, 0.1) is 5.92 Å². The predicted octanol–water partition coefficient (Wildman–Crippen LogP) is 0.909. The Hall–Kier alpha value is -2.21. The van der Waals surface area contributed by atoms with Crippen LogP contribution in [0.15, 0.2) is 18.2 Å². The van der Waals surface area contributed by atoms with Crippen LogP contribution in [0.3, 0.4) is 0 Å². The van der Waals surface area contributed by atoms with Crippen molar-refractivity contribution < 1.29 is 14.4 Å². The van der Waals surface area contributed by atoms with Crippen molar-refractivity contribution >= 4 is 23.4 Å². The van der Waals surface area contributed by atoms with Crippen LogP contribution in [0.1, 0.15) is 46.4 Å². The largest absolute Gasteiger partial charge is 0.398 e. The number of imide groups is 3. The Morgan fingerprint density at radius 1 is 1.19 bits per heavy atom. The fourth-order valence-electron chi connectivity index (χ4n) is 3.15. The molecule has 0 aromatic heterocycles. The van der Waals surface area contributed by atoms with E-state index in [-0.39, 0.29) is 28.8 Å². The van der Waals surface area contributed by atoms with Crippen molar-refractivity contribution in [1.29, 1.82) is 0 Å².